The van der Waals surface area contributed by atoms with Crippen molar-refractivity contribution in [3.05, 3.63) is 89.5 Å². The Labute approximate surface area is 189 Å². The zero-order valence-corrected chi connectivity index (χ0v) is 18.1. The third-order valence-electron chi connectivity index (χ3n) is 4.53. The van der Waals surface area contributed by atoms with Gasteiger partial charge in [-0.2, -0.15) is 13.2 Å². The third-order valence-corrected chi connectivity index (χ3v) is 4.53. The van der Waals surface area contributed by atoms with Gasteiger partial charge in [0.1, 0.15) is 5.75 Å². The summed E-state index contributed by atoms with van der Waals surface area (Å²) in [5, 5.41) is 5.15. The number of hydrogen-bond acceptors (Lipinski definition) is 3. The molecular formula is C25H23F3N2O3. The molecule has 5 nitrogen and oxygen atoms in total. The van der Waals surface area contributed by atoms with E-state index < -0.39 is 17.6 Å². The molecule has 8 heteroatoms. The van der Waals surface area contributed by atoms with Gasteiger partial charge in [0.15, 0.2) is 0 Å². The van der Waals surface area contributed by atoms with Gasteiger partial charge in [0.05, 0.1) is 12.2 Å². The molecule has 2 amide bonds. The quantitative estimate of drug-likeness (QED) is 0.442. The summed E-state index contributed by atoms with van der Waals surface area (Å²) in [4.78, 5) is 25.0. The number of rotatable bonds is 7. The molecule has 0 heterocycles. The van der Waals surface area contributed by atoms with Crippen LogP contribution < -0.4 is 15.4 Å². The molecule has 0 aromatic heterocycles. The maximum Gasteiger partial charge on any atom is 0.416 e. The lowest BCUT2D eigenvalue weighted by atomic mass is 10.1. The number of ether oxygens (including phenoxy) is 1. The molecule has 2 N–H and O–H groups in total. The summed E-state index contributed by atoms with van der Waals surface area (Å²) < 4.78 is 44.2. The van der Waals surface area contributed by atoms with Crippen LogP contribution in [-0.4, -0.2) is 18.4 Å². The van der Waals surface area contributed by atoms with Gasteiger partial charge in [-0.15, -0.1) is 0 Å². The average molecular weight is 456 g/mol. The number of carbonyl (C=O) groups excluding carboxylic acids is 2. The van der Waals surface area contributed by atoms with Crippen LogP contribution in [0.15, 0.2) is 72.8 Å². The van der Waals surface area contributed by atoms with Gasteiger partial charge < -0.3 is 15.4 Å². The van der Waals surface area contributed by atoms with Crippen molar-refractivity contribution in [1.82, 2.24) is 0 Å². The van der Waals surface area contributed by atoms with Crippen LogP contribution in [0.4, 0.5) is 24.5 Å². The highest BCUT2D eigenvalue weighted by Crippen LogP contribution is 2.30. The first kappa shape index (κ1) is 23.8. The van der Waals surface area contributed by atoms with E-state index in [0.29, 0.717) is 29.5 Å². The second kappa shape index (κ2) is 10.2. The molecule has 0 aliphatic rings. The lowest BCUT2D eigenvalue weighted by molar-refractivity contribution is -0.137. The Bertz CT molecular complexity index is 1130. The van der Waals surface area contributed by atoms with Gasteiger partial charge in [-0.05, 0) is 66.6 Å². The van der Waals surface area contributed by atoms with Crippen LogP contribution in [0, 0.1) is 5.92 Å². The third kappa shape index (κ3) is 6.83. The molecular weight excluding hydrogens is 433 g/mol. The first-order chi connectivity index (χ1) is 15.6. The fraction of sp³-hybridized carbons (Fsp3) is 0.200. The molecule has 0 saturated heterocycles. The average Bonchev–Trinajstić information content (AvgIpc) is 2.78. The van der Waals surface area contributed by atoms with Gasteiger partial charge in [-0.3, -0.25) is 9.59 Å². The number of anilines is 2. The Kier molecular flexibility index (Phi) is 7.37. The number of hydrogen-bond donors (Lipinski definition) is 2. The number of halogens is 3. The van der Waals surface area contributed by atoms with E-state index in [-0.39, 0.29) is 17.2 Å². The van der Waals surface area contributed by atoms with Crippen molar-refractivity contribution < 1.29 is 27.5 Å². The van der Waals surface area contributed by atoms with E-state index >= 15 is 0 Å². The van der Waals surface area contributed by atoms with E-state index in [9.17, 15) is 22.8 Å². The minimum absolute atomic E-state index is 0.0176. The van der Waals surface area contributed by atoms with Crippen LogP contribution in [0.25, 0.3) is 0 Å². The molecule has 0 saturated carbocycles. The molecule has 3 aromatic carbocycles. The van der Waals surface area contributed by atoms with Gasteiger partial charge in [0, 0.05) is 22.5 Å². The molecule has 0 fully saturated rings. The van der Waals surface area contributed by atoms with Crippen molar-refractivity contribution in [2.45, 2.75) is 20.0 Å². The van der Waals surface area contributed by atoms with E-state index in [0.717, 1.165) is 12.1 Å². The van der Waals surface area contributed by atoms with Crippen molar-refractivity contribution >= 4 is 23.2 Å². The maximum absolute atomic E-state index is 12.9. The molecule has 3 aromatic rings. The van der Waals surface area contributed by atoms with E-state index in [1.807, 2.05) is 13.8 Å². The minimum Gasteiger partial charge on any atom is -0.493 e. The molecule has 172 valence electrons. The summed E-state index contributed by atoms with van der Waals surface area (Å²) in [6.07, 6.45) is -4.51. The highest BCUT2D eigenvalue weighted by Gasteiger charge is 2.30. The number of nitrogens with one attached hydrogen (secondary N) is 2. The smallest absolute Gasteiger partial charge is 0.416 e. The highest BCUT2D eigenvalue weighted by molar-refractivity contribution is 6.07. The normalized spacial score (nSPS) is 11.2. The van der Waals surface area contributed by atoms with Crippen molar-refractivity contribution in [3.8, 4) is 5.75 Å². The van der Waals surface area contributed by atoms with E-state index in [1.165, 1.54) is 24.3 Å². The first-order valence-corrected chi connectivity index (χ1v) is 10.2. The van der Waals surface area contributed by atoms with E-state index in [1.54, 1.807) is 36.4 Å². The zero-order chi connectivity index (χ0) is 24.0. The lowest BCUT2D eigenvalue weighted by Gasteiger charge is -2.11. The second-order valence-corrected chi connectivity index (χ2v) is 7.80. The summed E-state index contributed by atoms with van der Waals surface area (Å²) in [6, 6.07) is 17.2. The number of carbonyl (C=O) groups is 2. The highest BCUT2D eigenvalue weighted by atomic mass is 19.4. The summed E-state index contributed by atoms with van der Waals surface area (Å²) in [5.74, 6) is 0.0671. The zero-order valence-electron chi connectivity index (χ0n) is 18.1. The topological polar surface area (TPSA) is 67.4 Å². The molecule has 0 radical (unpaired) electrons. The van der Waals surface area contributed by atoms with Crippen molar-refractivity contribution in [2.24, 2.45) is 5.92 Å². The SMILES string of the molecule is CC(C)COc1ccc(C(=O)Nc2cccc(C(=O)Nc3cccc(C(F)(F)F)c3)c2)cc1. The molecule has 33 heavy (non-hydrogen) atoms. The van der Waals surface area contributed by atoms with Crippen molar-refractivity contribution in [3.63, 3.8) is 0 Å². The predicted molar refractivity (Wildman–Crippen MR) is 121 cm³/mol. The molecule has 0 bridgehead atoms. The Hall–Kier alpha value is -3.81. The van der Waals surface area contributed by atoms with Crippen LogP contribution in [0.3, 0.4) is 0 Å². The minimum atomic E-state index is -4.51. The van der Waals surface area contributed by atoms with Crippen LogP contribution in [0.5, 0.6) is 5.75 Å². The summed E-state index contributed by atoms with van der Waals surface area (Å²) in [7, 11) is 0. The summed E-state index contributed by atoms with van der Waals surface area (Å²) in [5.41, 5.74) is 0.121. The molecule has 0 atom stereocenters. The van der Waals surface area contributed by atoms with Gasteiger partial charge in [0.2, 0.25) is 0 Å². The Morgan fingerprint density at radius 3 is 2.00 bits per heavy atom. The van der Waals surface area contributed by atoms with E-state index in [2.05, 4.69) is 10.6 Å². The number of amides is 2. The largest absolute Gasteiger partial charge is 0.493 e. The fourth-order valence-electron chi connectivity index (χ4n) is 2.88. The number of benzene rings is 3. The molecule has 0 unspecified atom stereocenters. The summed E-state index contributed by atoms with van der Waals surface area (Å²) in [6.45, 7) is 4.65. The first-order valence-electron chi connectivity index (χ1n) is 10.2. The summed E-state index contributed by atoms with van der Waals surface area (Å²) >= 11 is 0. The molecule has 0 aliphatic heterocycles. The van der Waals surface area contributed by atoms with Gasteiger partial charge >= 0.3 is 6.18 Å². The van der Waals surface area contributed by atoms with Gasteiger partial charge in [-0.25, -0.2) is 0 Å². The Morgan fingerprint density at radius 2 is 1.39 bits per heavy atom. The van der Waals surface area contributed by atoms with Crippen LogP contribution in [0.2, 0.25) is 0 Å². The van der Waals surface area contributed by atoms with Crippen molar-refractivity contribution in [2.75, 3.05) is 17.2 Å². The Balaban J connectivity index is 1.66. The van der Waals surface area contributed by atoms with Crippen LogP contribution >= 0.6 is 0 Å². The van der Waals surface area contributed by atoms with Crippen molar-refractivity contribution in [1.29, 1.82) is 0 Å². The monoisotopic (exact) mass is 456 g/mol. The van der Waals surface area contributed by atoms with Crippen LogP contribution in [-0.2, 0) is 6.18 Å². The molecule has 0 aliphatic carbocycles. The molecule has 0 spiro atoms. The van der Waals surface area contributed by atoms with E-state index in [4.69, 9.17) is 4.74 Å². The Morgan fingerprint density at radius 1 is 0.818 bits per heavy atom. The van der Waals surface area contributed by atoms with Crippen LogP contribution in [0.1, 0.15) is 40.1 Å². The standard InChI is InChI=1S/C25H23F3N2O3/c1-16(2)15-33-22-11-9-17(10-12-22)23(31)29-20-7-3-5-18(13-20)24(32)30-21-8-4-6-19(14-21)25(26,27)28/h3-14,16H,15H2,1-2H3,(H,29,31)(H,30,32). The fourth-order valence-corrected chi connectivity index (χ4v) is 2.88. The van der Waals surface area contributed by atoms with Gasteiger partial charge in [0.25, 0.3) is 11.8 Å². The lowest BCUT2D eigenvalue weighted by Crippen LogP contribution is -2.15. The second-order valence-electron chi connectivity index (χ2n) is 7.80. The predicted octanol–water partition coefficient (Wildman–Crippen LogP) is 6.24. The number of alkyl halides is 3. The van der Waals surface area contributed by atoms with Gasteiger partial charge in [-0.1, -0.05) is 26.0 Å². The molecule has 3 rings (SSSR count). The maximum atomic E-state index is 12.9.